The van der Waals surface area contributed by atoms with Crippen molar-refractivity contribution in [2.24, 2.45) is 5.41 Å². The number of piperidine rings is 1. The van der Waals surface area contributed by atoms with Gasteiger partial charge in [-0.15, -0.1) is 0 Å². The van der Waals surface area contributed by atoms with Crippen LogP contribution in [0.1, 0.15) is 40.5 Å². The van der Waals surface area contributed by atoms with Gasteiger partial charge in [-0.05, 0) is 47.1 Å². The second-order valence-electron chi connectivity index (χ2n) is 5.16. The van der Waals surface area contributed by atoms with Gasteiger partial charge in [0.2, 0.25) is 0 Å². The minimum Gasteiger partial charge on any atom is -0.462 e. The van der Waals surface area contributed by atoms with Crippen molar-refractivity contribution in [3.05, 3.63) is 0 Å². The van der Waals surface area contributed by atoms with Crippen LogP contribution >= 0.6 is 0 Å². The molecule has 0 amide bonds. The van der Waals surface area contributed by atoms with Crippen molar-refractivity contribution in [3.8, 4) is 0 Å². The summed E-state index contributed by atoms with van der Waals surface area (Å²) >= 11 is 0. The Labute approximate surface area is 86.2 Å². The Morgan fingerprint density at radius 1 is 1.43 bits per heavy atom. The van der Waals surface area contributed by atoms with E-state index in [0.29, 0.717) is 6.04 Å². The summed E-state index contributed by atoms with van der Waals surface area (Å²) < 4.78 is 5.45. The van der Waals surface area contributed by atoms with Gasteiger partial charge < -0.3 is 10.1 Å². The fourth-order valence-electron chi connectivity index (χ4n) is 1.52. The van der Waals surface area contributed by atoms with Crippen LogP contribution in [0.5, 0.6) is 0 Å². The zero-order valence-electron chi connectivity index (χ0n) is 9.59. The minimum atomic E-state index is -0.381. The van der Waals surface area contributed by atoms with E-state index in [-0.39, 0.29) is 17.5 Å². The van der Waals surface area contributed by atoms with Gasteiger partial charge in [-0.1, -0.05) is 0 Å². The summed E-state index contributed by atoms with van der Waals surface area (Å²) in [6.07, 6.45) is 1.98. The highest BCUT2D eigenvalue weighted by atomic mass is 16.5. The number of carbonyl (C=O) groups is 1. The van der Waals surface area contributed by atoms with E-state index in [2.05, 4.69) is 12.2 Å². The molecule has 1 aliphatic heterocycles. The van der Waals surface area contributed by atoms with Gasteiger partial charge in [-0.2, -0.15) is 0 Å². The van der Waals surface area contributed by atoms with E-state index in [1.54, 1.807) is 0 Å². The molecule has 0 aromatic carbocycles. The maximum absolute atomic E-state index is 11.6. The lowest BCUT2D eigenvalue weighted by molar-refractivity contribution is -0.160. The van der Waals surface area contributed by atoms with Crippen molar-refractivity contribution < 1.29 is 9.53 Å². The molecule has 0 aliphatic carbocycles. The van der Waals surface area contributed by atoms with Crippen molar-refractivity contribution in [2.45, 2.75) is 52.7 Å². The van der Waals surface area contributed by atoms with Gasteiger partial charge >= 0.3 is 5.97 Å². The number of hydrogen-bond donors (Lipinski definition) is 1. The van der Waals surface area contributed by atoms with Gasteiger partial charge in [0.05, 0.1) is 5.41 Å². The molecular formula is C11H21NO2. The van der Waals surface area contributed by atoms with Crippen LogP contribution in [0.4, 0.5) is 0 Å². The molecule has 3 heteroatoms. The minimum absolute atomic E-state index is 0.0865. The zero-order valence-corrected chi connectivity index (χ0v) is 9.59. The van der Waals surface area contributed by atoms with E-state index in [1.807, 2.05) is 20.8 Å². The van der Waals surface area contributed by atoms with E-state index >= 15 is 0 Å². The number of hydrogen-bond acceptors (Lipinski definition) is 3. The van der Waals surface area contributed by atoms with Gasteiger partial charge in [0, 0.05) is 6.04 Å². The fraction of sp³-hybridized carbons (Fsp3) is 0.909. The monoisotopic (exact) mass is 199 g/mol. The molecule has 0 saturated carbocycles. The molecule has 14 heavy (non-hydrogen) atoms. The molecule has 0 aromatic rings. The van der Waals surface area contributed by atoms with Crippen LogP contribution in [-0.4, -0.2) is 24.7 Å². The highest BCUT2D eigenvalue weighted by Crippen LogP contribution is 2.20. The molecule has 2 unspecified atom stereocenters. The van der Waals surface area contributed by atoms with E-state index in [4.69, 9.17) is 4.74 Å². The van der Waals surface area contributed by atoms with Gasteiger partial charge in [-0.25, -0.2) is 0 Å². The second kappa shape index (κ2) is 4.30. The fourth-order valence-corrected chi connectivity index (χ4v) is 1.52. The summed E-state index contributed by atoms with van der Waals surface area (Å²) in [5, 5.41) is 3.33. The smallest absolute Gasteiger partial charge is 0.311 e. The van der Waals surface area contributed by atoms with Gasteiger partial charge in [-0.3, -0.25) is 4.79 Å². The Kier molecular flexibility index (Phi) is 3.53. The van der Waals surface area contributed by atoms with Crippen molar-refractivity contribution in [1.29, 1.82) is 0 Å². The van der Waals surface area contributed by atoms with Crippen LogP contribution in [0.3, 0.4) is 0 Å². The maximum atomic E-state index is 11.6. The Morgan fingerprint density at radius 3 is 2.57 bits per heavy atom. The molecule has 0 radical (unpaired) electrons. The molecule has 82 valence electrons. The molecule has 0 bridgehead atoms. The predicted octanol–water partition coefficient (Wildman–Crippen LogP) is 1.72. The van der Waals surface area contributed by atoms with Crippen molar-refractivity contribution in [1.82, 2.24) is 5.32 Å². The van der Waals surface area contributed by atoms with Crippen molar-refractivity contribution in [2.75, 3.05) is 6.54 Å². The number of ether oxygens (including phenoxy) is 1. The Balaban J connectivity index is 2.40. The summed E-state index contributed by atoms with van der Waals surface area (Å²) in [5.41, 5.74) is -0.381. The van der Waals surface area contributed by atoms with Gasteiger partial charge in [0.1, 0.15) is 6.10 Å². The molecular weight excluding hydrogens is 178 g/mol. The van der Waals surface area contributed by atoms with E-state index in [1.165, 1.54) is 0 Å². The SMILES string of the molecule is CC1CC(OC(=O)C(C)(C)C)CCN1. The first-order valence-electron chi connectivity index (χ1n) is 5.34. The van der Waals surface area contributed by atoms with Gasteiger partial charge in [0.25, 0.3) is 0 Å². The third kappa shape index (κ3) is 3.29. The average molecular weight is 199 g/mol. The molecule has 1 saturated heterocycles. The molecule has 1 fully saturated rings. The maximum Gasteiger partial charge on any atom is 0.311 e. The lowest BCUT2D eigenvalue weighted by Crippen LogP contribution is -2.41. The lowest BCUT2D eigenvalue weighted by atomic mass is 9.96. The third-order valence-corrected chi connectivity index (χ3v) is 2.46. The van der Waals surface area contributed by atoms with Crippen LogP contribution in [0.25, 0.3) is 0 Å². The third-order valence-electron chi connectivity index (χ3n) is 2.46. The average Bonchev–Trinajstić information content (AvgIpc) is 2.02. The Hall–Kier alpha value is -0.570. The largest absolute Gasteiger partial charge is 0.462 e. The van der Waals surface area contributed by atoms with Crippen molar-refractivity contribution in [3.63, 3.8) is 0 Å². The lowest BCUT2D eigenvalue weighted by Gasteiger charge is -2.30. The highest BCUT2D eigenvalue weighted by molar-refractivity contribution is 5.75. The van der Waals surface area contributed by atoms with Crippen LogP contribution in [0.2, 0.25) is 0 Å². The predicted molar refractivity (Wildman–Crippen MR) is 56.0 cm³/mol. The first-order valence-corrected chi connectivity index (χ1v) is 5.34. The molecule has 1 N–H and O–H groups in total. The summed E-state index contributed by atoms with van der Waals surface area (Å²) in [5.74, 6) is -0.0865. The summed E-state index contributed by atoms with van der Waals surface area (Å²) in [6, 6.07) is 0.460. The number of carbonyl (C=O) groups excluding carboxylic acids is 1. The quantitative estimate of drug-likeness (QED) is 0.653. The Morgan fingerprint density at radius 2 is 2.07 bits per heavy atom. The van der Waals surface area contributed by atoms with E-state index in [0.717, 1.165) is 19.4 Å². The van der Waals surface area contributed by atoms with Crippen molar-refractivity contribution >= 4 is 5.97 Å². The number of rotatable bonds is 1. The molecule has 1 rings (SSSR count). The first kappa shape index (κ1) is 11.5. The van der Waals surface area contributed by atoms with Crippen LogP contribution < -0.4 is 5.32 Å². The number of nitrogens with one attached hydrogen (secondary N) is 1. The number of esters is 1. The molecule has 0 aromatic heterocycles. The second-order valence-corrected chi connectivity index (χ2v) is 5.16. The van der Waals surface area contributed by atoms with Crippen LogP contribution in [-0.2, 0) is 9.53 Å². The summed E-state index contributed by atoms with van der Waals surface area (Å²) in [6.45, 7) is 8.74. The molecule has 3 nitrogen and oxygen atoms in total. The summed E-state index contributed by atoms with van der Waals surface area (Å²) in [4.78, 5) is 11.6. The first-order chi connectivity index (χ1) is 6.39. The van der Waals surface area contributed by atoms with E-state index < -0.39 is 0 Å². The normalized spacial score (nSPS) is 28.6. The van der Waals surface area contributed by atoms with Gasteiger partial charge in [0.15, 0.2) is 0 Å². The zero-order chi connectivity index (χ0) is 10.8. The molecule has 1 heterocycles. The Bertz CT molecular complexity index is 208. The molecule has 1 aliphatic rings. The van der Waals surface area contributed by atoms with Crippen LogP contribution in [0.15, 0.2) is 0 Å². The molecule has 0 spiro atoms. The standard InChI is InChI=1S/C11H21NO2/c1-8-7-9(5-6-12-8)14-10(13)11(2,3)4/h8-9,12H,5-7H2,1-4H3. The van der Waals surface area contributed by atoms with E-state index in [9.17, 15) is 4.79 Å². The highest BCUT2D eigenvalue weighted by Gasteiger charge is 2.28. The topological polar surface area (TPSA) is 38.3 Å². The van der Waals surface area contributed by atoms with Crippen LogP contribution in [0, 0.1) is 5.41 Å². The summed E-state index contributed by atoms with van der Waals surface area (Å²) in [7, 11) is 0. The molecule has 2 atom stereocenters.